The molecule has 3 rings (SSSR count). The first-order valence-corrected chi connectivity index (χ1v) is 8.06. The standard InChI is InChI=1S/C19H21N3O3/c1-22(2)13-6-7-15-16(10-19(24)21-17(15)9-13)12-4-3-5-14(8-12)25-11-18(20)23/h3-9,16H,10-11H2,1-2H3,(H2,20,23)(H,21,24). The number of anilines is 2. The van der Waals surface area contributed by atoms with Gasteiger partial charge in [0.15, 0.2) is 6.61 Å². The predicted octanol–water partition coefficient (Wildman–Crippen LogP) is 2.09. The van der Waals surface area contributed by atoms with E-state index in [0.717, 1.165) is 22.5 Å². The Balaban J connectivity index is 1.94. The van der Waals surface area contributed by atoms with Crippen molar-refractivity contribution < 1.29 is 14.3 Å². The molecule has 130 valence electrons. The Morgan fingerprint density at radius 1 is 1.28 bits per heavy atom. The van der Waals surface area contributed by atoms with Crippen molar-refractivity contribution in [1.82, 2.24) is 0 Å². The zero-order valence-electron chi connectivity index (χ0n) is 14.3. The summed E-state index contributed by atoms with van der Waals surface area (Å²) < 4.78 is 5.38. The molecule has 0 saturated heterocycles. The SMILES string of the molecule is CN(C)c1ccc2c(c1)NC(=O)CC2c1cccc(OCC(N)=O)c1. The molecule has 0 aliphatic carbocycles. The van der Waals surface area contributed by atoms with Gasteiger partial charge in [-0.1, -0.05) is 18.2 Å². The van der Waals surface area contributed by atoms with Gasteiger partial charge in [0.2, 0.25) is 5.91 Å². The van der Waals surface area contributed by atoms with Crippen LogP contribution >= 0.6 is 0 Å². The molecule has 2 aromatic carbocycles. The van der Waals surface area contributed by atoms with E-state index >= 15 is 0 Å². The molecule has 0 aromatic heterocycles. The molecular weight excluding hydrogens is 318 g/mol. The number of primary amides is 1. The molecule has 1 atom stereocenters. The third-order valence-electron chi connectivity index (χ3n) is 4.23. The number of carbonyl (C=O) groups excluding carboxylic acids is 2. The maximum Gasteiger partial charge on any atom is 0.255 e. The summed E-state index contributed by atoms with van der Waals surface area (Å²) in [7, 11) is 3.92. The Bertz CT molecular complexity index is 817. The summed E-state index contributed by atoms with van der Waals surface area (Å²) >= 11 is 0. The van der Waals surface area contributed by atoms with E-state index in [1.54, 1.807) is 6.07 Å². The Kier molecular flexibility index (Phi) is 4.61. The summed E-state index contributed by atoms with van der Waals surface area (Å²) in [5, 5.41) is 2.95. The Morgan fingerprint density at radius 2 is 2.08 bits per heavy atom. The zero-order valence-corrected chi connectivity index (χ0v) is 14.3. The molecule has 0 saturated carbocycles. The van der Waals surface area contributed by atoms with E-state index in [9.17, 15) is 9.59 Å². The van der Waals surface area contributed by atoms with Crippen LogP contribution < -0.4 is 20.7 Å². The highest BCUT2D eigenvalue weighted by molar-refractivity contribution is 5.96. The normalized spacial score (nSPS) is 15.9. The Morgan fingerprint density at radius 3 is 2.80 bits per heavy atom. The van der Waals surface area contributed by atoms with Crippen LogP contribution in [0.3, 0.4) is 0 Å². The Hall–Kier alpha value is -3.02. The molecule has 0 spiro atoms. The van der Waals surface area contributed by atoms with Crippen molar-refractivity contribution in [2.24, 2.45) is 5.73 Å². The number of fused-ring (bicyclic) bond motifs is 1. The first-order chi connectivity index (χ1) is 11.9. The predicted molar refractivity (Wildman–Crippen MR) is 97.0 cm³/mol. The van der Waals surface area contributed by atoms with E-state index in [4.69, 9.17) is 10.5 Å². The molecular formula is C19H21N3O3. The molecule has 0 bridgehead atoms. The van der Waals surface area contributed by atoms with Crippen LogP contribution in [0, 0.1) is 0 Å². The minimum atomic E-state index is -0.524. The summed E-state index contributed by atoms with van der Waals surface area (Å²) in [6.45, 7) is -0.169. The lowest BCUT2D eigenvalue weighted by Crippen LogP contribution is -2.24. The third-order valence-corrected chi connectivity index (χ3v) is 4.23. The van der Waals surface area contributed by atoms with Crippen LogP contribution in [0.2, 0.25) is 0 Å². The van der Waals surface area contributed by atoms with Crippen LogP contribution in [0.4, 0.5) is 11.4 Å². The van der Waals surface area contributed by atoms with Gasteiger partial charge in [0.25, 0.3) is 5.91 Å². The van der Waals surface area contributed by atoms with Crippen molar-refractivity contribution in [2.45, 2.75) is 12.3 Å². The van der Waals surface area contributed by atoms with Crippen molar-refractivity contribution in [3.8, 4) is 5.75 Å². The van der Waals surface area contributed by atoms with E-state index in [0.29, 0.717) is 12.2 Å². The topological polar surface area (TPSA) is 84.7 Å². The van der Waals surface area contributed by atoms with Crippen LogP contribution in [-0.4, -0.2) is 32.5 Å². The molecule has 6 nitrogen and oxygen atoms in total. The monoisotopic (exact) mass is 339 g/mol. The number of benzene rings is 2. The molecule has 0 radical (unpaired) electrons. The van der Waals surface area contributed by atoms with Crippen LogP contribution in [-0.2, 0) is 9.59 Å². The first kappa shape index (κ1) is 16.8. The fourth-order valence-electron chi connectivity index (χ4n) is 3.00. The highest BCUT2D eigenvalue weighted by Crippen LogP contribution is 2.39. The average Bonchev–Trinajstić information content (AvgIpc) is 2.58. The van der Waals surface area contributed by atoms with Crippen molar-refractivity contribution in [2.75, 3.05) is 30.9 Å². The van der Waals surface area contributed by atoms with Gasteiger partial charge in [-0.3, -0.25) is 9.59 Å². The second-order valence-electron chi connectivity index (χ2n) is 6.30. The van der Waals surface area contributed by atoms with Crippen LogP contribution in [0.5, 0.6) is 5.75 Å². The lowest BCUT2D eigenvalue weighted by molar-refractivity contribution is -0.120. The van der Waals surface area contributed by atoms with Gasteiger partial charge < -0.3 is 20.7 Å². The first-order valence-electron chi connectivity index (χ1n) is 8.06. The summed E-state index contributed by atoms with van der Waals surface area (Å²) in [4.78, 5) is 25.1. The second kappa shape index (κ2) is 6.84. The number of nitrogens with two attached hydrogens (primary N) is 1. The highest BCUT2D eigenvalue weighted by Gasteiger charge is 2.27. The zero-order chi connectivity index (χ0) is 18.0. The highest BCUT2D eigenvalue weighted by atomic mass is 16.5. The largest absolute Gasteiger partial charge is 0.484 e. The fourth-order valence-corrected chi connectivity index (χ4v) is 3.00. The quantitative estimate of drug-likeness (QED) is 0.873. The van der Waals surface area contributed by atoms with E-state index in [1.807, 2.05) is 55.4 Å². The molecule has 25 heavy (non-hydrogen) atoms. The van der Waals surface area contributed by atoms with E-state index in [1.165, 1.54) is 0 Å². The lowest BCUT2D eigenvalue weighted by atomic mass is 9.84. The van der Waals surface area contributed by atoms with E-state index < -0.39 is 5.91 Å². The molecule has 1 heterocycles. The summed E-state index contributed by atoms with van der Waals surface area (Å²) in [5.74, 6) is -0.0355. The molecule has 2 aromatic rings. The minimum Gasteiger partial charge on any atom is -0.484 e. The number of carbonyl (C=O) groups is 2. The number of rotatable bonds is 5. The van der Waals surface area contributed by atoms with Crippen molar-refractivity contribution in [1.29, 1.82) is 0 Å². The average molecular weight is 339 g/mol. The van der Waals surface area contributed by atoms with Crippen LogP contribution in [0.15, 0.2) is 42.5 Å². The molecule has 0 fully saturated rings. The maximum atomic E-state index is 12.2. The number of nitrogens with zero attached hydrogens (tertiary/aromatic N) is 1. The minimum absolute atomic E-state index is 0.0168. The molecule has 3 N–H and O–H groups in total. The summed E-state index contributed by atoms with van der Waals surface area (Å²) in [6, 6.07) is 13.5. The molecule has 1 unspecified atom stereocenters. The van der Waals surface area contributed by atoms with Gasteiger partial charge in [0, 0.05) is 37.8 Å². The Labute approximate surface area is 146 Å². The van der Waals surface area contributed by atoms with E-state index in [-0.39, 0.29) is 18.4 Å². The number of hydrogen-bond donors (Lipinski definition) is 2. The van der Waals surface area contributed by atoms with Crippen LogP contribution in [0.1, 0.15) is 23.5 Å². The van der Waals surface area contributed by atoms with Crippen molar-refractivity contribution in [3.05, 3.63) is 53.6 Å². The number of nitrogens with one attached hydrogen (secondary N) is 1. The van der Waals surface area contributed by atoms with Gasteiger partial charge in [-0.05, 0) is 35.4 Å². The number of amides is 2. The molecule has 1 aliphatic rings. The smallest absolute Gasteiger partial charge is 0.255 e. The maximum absolute atomic E-state index is 12.2. The second-order valence-corrected chi connectivity index (χ2v) is 6.30. The van der Waals surface area contributed by atoms with Gasteiger partial charge in [-0.2, -0.15) is 0 Å². The molecule has 1 aliphatic heterocycles. The van der Waals surface area contributed by atoms with E-state index in [2.05, 4.69) is 5.32 Å². The van der Waals surface area contributed by atoms with Gasteiger partial charge >= 0.3 is 0 Å². The number of ether oxygens (including phenoxy) is 1. The lowest BCUT2D eigenvalue weighted by Gasteiger charge is -2.27. The van der Waals surface area contributed by atoms with Gasteiger partial charge in [-0.25, -0.2) is 0 Å². The van der Waals surface area contributed by atoms with Gasteiger partial charge in [0.05, 0.1) is 0 Å². The molecule has 6 heteroatoms. The third kappa shape index (κ3) is 3.74. The summed E-state index contributed by atoms with van der Waals surface area (Å²) in [6.07, 6.45) is 0.369. The molecule has 2 amide bonds. The fraction of sp³-hybridized carbons (Fsp3) is 0.263. The summed E-state index contributed by atoms with van der Waals surface area (Å²) in [5.41, 5.74) is 9.01. The van der Waals surface area contributed by atoms with Gasteiger partial charge in [-0.15, -0.1) is 0 Å². The van der Waals surface area contributed by atoms with Crippen molar-refractivity contribution in [3.63, 3.8) is 0 Å². The number of hydrogen-bond acceptors (Lipinski definition) is 4. The van der Waals surface area contributed by atoms with Gasteiger partial charge in [0.1, 0.15) is 5.75 Å². The van der Waals surface area contributed by atoms with Crippen molar-refractivity contribution >= 4 is 23.2 Å². The van der Waals surface area contributed by atoms with Crippen LogP contribution in [0.25, 0.3) is 0 Å².